The molecule has 6 heteroatoms. The fourth-order valence-electron chi connectivity index (χ4n) is 2.94. The van der Waals surface area contributed by atoms with Gasteiger partial charge in [-0.15, -0.1) is 0 Å². The molecule has 0 aromatic heterocycles. The van der Waals surface area contributed by atoms with Gasteiger partial charge in [0.05, 0.1) is 6.42 Å². The summed E-state index contributed by atoms with van der Waals surface area (Å²) >= 11 is 0. The van der Waals surface area contributed by atoms with Crippen LogP contribution >= 0.6 is 0 Å². The van der Waals surface area contributed by atoms with Crippen LogP contribution in [0.4, 0.5) is 5.69 Å². The Hall–Kier alpha value is -3.80. The van der Waals surface area contributed by atoms with Crippen LogP contribution in [-0.4, -0.2) is 22.1 Å². The van der Waals surface area contributed by atoms with E-state index in [0.717, 1.165) is 5.56 Å². The Morgan fingerprint density at radius 1 is 0.828 bits per heavy atom. The van der Waals surface area contributed by atoms with E-state index < -0.39 is 11.9 Å². The summed E-state index contributed by atoms with van der Waals surface area (Å²) in [5.41, 5.74) is 1.41. The molecule has 0 saturated heterocycles. The molecule has 3 aromatic rings. The standard InChI is InChI=1S/C23H21NO5/c25-19-8-12-21(13-9-19)29-20-10-6-18(7-11-20)24-22(26)14-17(15-23(27)28)16-4-2-1-3-5-16/h1-13,17,25H,14-15H2,(H,24,26)(H,27,28). The number of nitrogens with one attached hydrogen (secondary N) is 1. The first-order valence-corrected chi connectivity index (χ1v) is 9.13. The molecule has 3 N–H and O–H groups in total. The second-order valence-corrected chi connectivity index (χ2v) is 6.58. The lowest BCUT2D eigenvalue weighted by molar-refractivity contribution is -0.137. The van der Waals surface area contributed by atoms with E-state index in [1.807, 2.05) is 30.3 Å². The van der Waals surface area contributed by atoms with Gasteiger partial charge in [0, 0.05) is 18.0 Å². The predicted molar refractivity (Wildman–Crippen MR) is 109 cm³/mol. The number of amides is 1. The molecule has 0 spiro atoms. The number of anilines is 1. The van der Waals surface area contributed by atoms with Crippen molar-refractivity contribution in [3.63, 3.8) is 0 Å². The molecule has 0 fully saturated rings. The second-order valence-electron chi connectivity index (χ2n) is 6.58. The number of carbonyl (C=O) groups excluding carboxylic acids is 1. The number of phenols is 1. The number of hydrogen-bond donors (Lipinski definition) is 3. The molecule has 0 aliphatic heterocycles. The minimum absolute atomic E-state index is 0.0715. The van der Waals surface area contributed by atoms with Crippen LogP contribution in [0.25, 0.3) is 0 Å². The Balaban J connectivity index is 1.60. The molecule has 3 rings (SSSR count). The topological polar surface area (TPSA) is 95.9 Å². The van der Waals surface area contributed by atoms with Crippen LogP contribution < -0.4 is 10.1 Å². The van der Waals surface area contributed by atoms with Crippen LogP contribution in [-0.2, 0) is 9.59 Å². The zero-order valence-electron chi connectivity index (χ0n) is 15.6. The van der Waals surface area contributed by atoms with Gasteiger partial charge in [-0.1, -0.05) is 30.3 Å². The molecule has 0 heterocycles. The summed E-state index contributed by atoms with van der Waals surface area (Å²) in [6, 6.07) is 22.4. The van der Waals surface area contributed by atoms with E-state index in [2.05, 4.69) is 5.32 Å². The Bertz CT molecular complexity index is 953. The summed E-state index contributed by atoms with van der Waals surface area (Å²) in [6.45, 7) is 0. The summed E-state index contributed by atoms with van der Waals surface area (Å²) in [4.78, 5) is 23.6. The zero-order valence-corrected chi connectivity index (χ0v) is 15.6. The molecule has 1 amide bonds. The number of aliphatic carboxylic acids is 1. The average Bonchev–Trinajstić information content (AvgIpc) is 2.71. The fourth-order valence-corrected chi connectivity index (χ4v) is 2.94. The normalized spacial score (nSPS) is 11.4. The third-order valence-electron chi connectivity index (χ3n) is 4.33. The molecule has 0 aliphatic carbocycles. The largest absolute Gasteiger partial charge is 0.508 e. The highest BCUT2D eigenvalue weighted by Gasteiger charge is 2.19. The van der Waals surface area contributed by atoms with E-state index in [0.29, 0.717) is 17.2 Å². The number of benzene rings is 3. The number of carbonyl (C=O) groups is 2. The van der Waals surface area contributed by atoms with Gasteiger partial charge in [0.2, 0.25) is 5.91 Å². The van der Waals surface area contributed by atoms with Crippen LogP contribution in [0.5, 0.6) is 17.2 Å². The van der Waals surface area contributed by atoms with Gasteiger partial charge in [0.1, 0.15) is 17.2 Å². The number of rotatable bonds is 8. The lowest BCUT2D eigenvalue weighted by Gasteiger charge is -2.15. The predicted octanol–water partition coefficient (Wildman–Crippen LogP) is 4.77. The lowest BCUT2D eigenvalue weighted by atomic mass is 9.92. The van der Waals surface area contributed by atoms with Crippen LogP contribution in [0.3, 0.4) is 0 Å². The smallest absolute Gasteiger partial charge is 0.303 e. The van der Waals surface area contributed by atoms with Gasteiger partial charge in [-0.2, -0.15) is 0 Å². The fraction of sp³-hybridized carbons (Fsp3) is 0.130. The van der Waals surface area contributed by atoms with E-state index in [9.17, 15) is 14.7 Å². The quantitative estimate of drug-likeness (QED) is 0.514. The van der Waals surface area contributed by atoms with Gasteiger partial charge in [-0.05, 0) is 54.1 Å². The lowest BCUT2D eigenvalue weighted by Crippen LogP contribution is -2.17. The van der Waals surface area contributed by atoms with Gasteiger partial charge in [-0.3, -0.25) is 9.59 Å². The Labute approximate surface area is 168 Å². The molecule has 3 aromatic carbocycles. The first-order chi connectivity index (χ1) is 14.0. The van der Waals surface area contributed by atoms with Crippen molar-refractivity contribution in [3.05, 3.63) is 84.4 Å². The summed E-state index contributed by atoms with van der Waals surface area (Å²) in [5.74, 6) is -0.270. The van der Waals surface area contributed by atoms with Crippen LogP contribution in [0.15, 0.2) is 78.9 Å². The van der Waals surface area contributed by atoms with Gasteiger partial charge in [-0.25, -0.2) is 0 Å². The van der Waals surface area contributed by atoms with E-state index in [1.165, 1.54) is 12.1 Å². The Morgan fingerprint density at radius 3 is 2.00 bits per heavy atom. The number of hydrogen-bond acceptors (Lipinski definition) is 4. The molecular weight excluding hydrogens is 370 g/mol. The third kappa shape index (κ3) is 6.10. The minimum atomic E-state index is -0.942. The maximum absolute atomic E-state index is 12.4. The van der Waals surface area contributed by atoms with Crippen molar-refractivity contribution in [2.45, 2.75) is 18.8 Å². The van der Waals surface area contributed by atoms with Crippen molar-refractivity contribution in [3.8, 4) is 17.2 Å². The molecule has 29 heavy (non-hydrogen) atoms. The van der Waals surface area contributed by atoms with Crippen molar-refractivity contribution in [2.24, 2.45) is 0 Å². The third-order valence-corrected chi connectivity index (χ3v) is 4.33. The number of carboxylic acid groups (broad SMARTS) is 1. The molecular formula is C23H21NO5. The number of carboxylic acids is 1. The average molecular weight is 391 g/mol. The van der Waals surface area contributed by atoms with Crippen molar-refractivity contribution in [2.75, 3.05) is 5.32 Å². The maximum Gasteiger partial charge on any atom is 0.303 e. The van der Waals surface area contributed by atoms with E-state index in [4.69, 9.17) is 9.84 Å². The highest BCUT2D eigenvalue weighted by Crippen LogP contribution is 2.26. The summed E-state index contributed by atoms with van der Waals surface area (Å²) in [7, 11) is 0. The van der Waals surface area contributed by atoms with Gasteiger partial charge in [0.25, 0.3) is 0 Å². The first kappa shape index (κ1) is 19.9. The minimum Gasteiger partial charge on any atom is -0.508 e. The van der Waals surface area contributed by atoms with Crippen molar-refractivity contribution in [1.82, 2.24) is 0 Å². The van der Waals surface area contributed by atoms with Gasteiger partial charge in [0.15, 0.2) is 0 Å². The molecule has 0 aliphatic rings. The van der Waals surface area contributed by atoms with Crippen LogP contribution in [0.1, 0.15) is 24.3 Å². The number of ether oxygens (including phenoxy) is 1. The zero-order chi connectivity index (χ0) is 20.6. The van der Waals surface area contributed by atoms with E-state index in [-0.39, 0.29) is 24.5 Å². The van der Waals surface area contributed by atoms with E-state index in [1.54, 1.807) is 36.4 Å². The monoisotopic (exact) mass is 391 g/mol. The summed E-state index contributed by atoms with van der Waals surface area (Å²) in [6.07, 6.45) is -0.0427. The molecule has 1 unspecified atom stereocenters. The van der Waals surface area contributed by atoms with Gasteiger partial charge >= 0.3 is 5.97 Å². The van der Waals surface area contributed by atoms with Gasteiger partial charge < -0.3 is 20.3 Å². The highest BCUT2D eigenvalue weighted by molar-refractivity contribution is 5.91. The Kier molecular flexibility index (Phi) is 6.47. The molecule has 0 bridgehead atoms. The van der Waals surface area contributed by atoms with Crippen molar-refractivity contribution in [1.29, 1.82) is 0 Å². The van der Waals surface area contributed by atoms with Crippen LogP contribution in [0, 0.1) is 0 Å². The van der Waals surface area contributed by atoms with Crippen molar-refractivity contribution < 1.29 is 24.5 Å². The Morgan fingerprint density at radius 2 is 1.41 bits per heavy atom. The number of phenolic OH excluding ortho intramolecular Hbond substituents is 1. The second kappa shape index (κ2) is 9.41. The van der Waals surface area contributed by atoms with Crippen molar-refractivity contribution >= 4 is 17.6 Å². The van der Waals surface area contributed by atoms with E-state index >= 15 is 0 Å². The maximum atomic E-state index is 12.4. The molecule has 1 atom stereocenters. The molecule has 148 valence electrons. The number of aromatic hydroxyl groups is 1. The molecule has 0 saturated carbocycles. The first-order valence-electron chi connectivity index (χ1n) is 9.13. The summed E-state index contributed by atoms with van der Waals surface area (Å²) < 4.78 is 5.67. The molecule has 6 nitrogen and oxygen atoms in total. The van der Waals surface area contributed by atoms with Crippen LogP contribution in [0.2, 0.25) is 0 Å². The SMILES string of the molecule is O=C(O)CC(CC(=O)Nc1ccc(Oc2ccc(O)cc2)cc1)c1ccccc1. The highest BCUT2D eigenvalue weighted by atomic mass is 16.5. The summed E-state index contributed by atoms with van der Waals surface area (Å²) in [5, 5.41) is 21.2. The molecule has 0 radical (unpaired) electrons.